The van der Waals surface area contributed by atoms with Crippen LogP contribution in [0.3, 0.4) is 0 Å². The lowest BCUT2D eigenvalue weighted by Crippen LogP contribution is -2.14. The Morgan fingerprint density at radius 1 is 1.26 bits per heavy atom. The SMILES string of the molecule is CCOc1ccc(-c2nc(O)c(CC)c(=O)[nH]2)cc1. The molecule has 2 aromatic rings. The van der Waals surface area contributed by atoms with Gasteiger partial charge in [0.1, 0.15) is 11.6 Å². The Hall–Kier alpha value is -2.30. The number of aromatic amines is 1. The summed E-state index contributed by atoms with van der Waals surface area (Å²) in [6.07, 6.45) is 0.442. The maximum absolute atomic E-state index is 11.8. The van der Waals surface area contributed by atoms with Crippen LogP contribution in [0.4, 0.5) is 0 Å². The highest BCUT2D eigenvalue weighted by atomic mass is 16.5. The lowest BCUT2D eigenvalue weighted by atomic mass is 10.2. The van der Waals surface area contributed by atoms with E-state index in [1.807, 2.05) is 6.92 Å². The van der Waals surface area contributed by atoms with Crippen LogP contribution in [0, 0.1) is 0 Å². The zero-order valence-electron chi connectivity index (χ0n) is 10.9. The molecule has 0 saturated heterocycles. The van der Waals surface area contributed by atoms with E-state index in [1.165, 1.54) is 0 Å². The molecule has 0 bridgehead atoms. The van der Waals surface area contributed by atoms with Gasteiger partial charge in [-0.05, 0) is 37.6 Å². The molecule has 0 unspecified atom stereocenters. The van der Waals surface area contributed by atoms with Crippen LogP contribution in [0.2, 0.25) is 0 Å². The summed E-state index contributed by atoms with van der Waals surface area (Å²) in [7, 11) is 0. The van der Waals surface area contributed by atoms with Crippen molar-refractivity contribution in [2.75, 3.05) is 6.61 Å². The van der Waals surface area contributed by atoms with Crippen molar-refractivity contribution < 1.29 is 9.84 Å². The van der Waals surface area contributed by atoms with Crippen molar-refractivity contribution in [3.05, 3.63) is 40.2 Å². The van der Waals surface area contributed by atoms with E-state index in [1.54, 1.807) is 31.2 Å². The zero-order valence-corrected chi connectivity index (χ0v) is 10.9. The molecule has 0 fully saturated rings. The molecule has 0 atom stereocenters. The minimum Gasteiger partial charge on any atom is -0.494 e. The second-order valence-corrected chi connectivity index (χ2v) is 4.03. The van der Waals surface area contributed by atoms with Gasteiger partial charge in [0, 0.05) is 5.56 Å². The van der Waals surface area contributed by atoms with Crippen molar-refractivity contribution in [3.8, 4) is 23.0 Å². The van der Waals surface area contributed by atoms with Crippen LogP contribution in [0.5, 0.6) is 11.6 Å². The maximum atomic E-state index is 11.8. The fraction of sp³-hybridized carbons (Fsp3) is 0.286. The number of nitrogens with one attached hydrogen (secondary N) is 1. The number of rotatable bonds is 4. The van der Waals surface area contributed by atoms with Gasteiger partial charge >= 0.3 is 0 Å². The lowest BCUT2D eigenvalue weighted by molar-refractivity contribution is 0.340. The summed E-state index contributed by atoms with van der Waals surface area (Å²) in [5.41, 5.74) is 0.715. The number of benzene rings is 1. The van der Waals surface area contributed by atoms with Crippen LogP contribution in [0.1, 0.15) is 19.4 Å². The van der Waals surface area contributed by atoms with Crippen LogP contribution in [0.15, 0.2) is 29.1 Å². The van der Waals surface area contributed by atoms with Crippen molar-refractivity contribution in [1.29, 1.82) is 0 Å². The maximum Gasteiger partial charge on any atom is 0.258 e. The largest absolute Gasteiger partial charge is 0.494 e. The smallest absolute Gasteiger partial charge is 0.258 e. The Morgan fingerprint density at radius 2 is 1.95 bits per heavy atom. The standard InChI is InChI=1S/C14H16N2O3/c1-3-11-13(17)15-12(16-14(11)18)9-5-7-10(8-6-9)19-4-2/h5-8H,3-4H2,1-2H3,(H2,15,16,17,18). The Kier molecular flexibility index (Phi) is 3.85. The highest BCUT2D eigenvalue weighted by Gasteiger charge is 2.10. The van der Waals surface area contributed by atoms with Crippen molar-refractivity contribution in [3.63, 3.8) is 0 Å². The number of aromatic hydroxyl groups is 1. The molecule has 1 aromatic heterocycles. The fourth-order valence-electron chi connectivity index (χ4n) is 1.82. The van der Waals surface area contributed by atoms with Gasteiger partial charge in [0.15, 0.2) is 0 Å². The highest BCUT2D eigenvalue weighted by Crippen LogP contribution is 2.21. The van der Waals surface area contributed by atoms with E-state index >= 15 is 0 Å². The fourth-order valence-corrected chi connectivity index (χ4v) is 1.82. The van der Waals surface area contributed by atoms with Gasteiger partial charge in [0.2, 0.25) is 5.88 Å². The van der Waals surface area contributed by atoms with E-state index in [0.717, 1.165) is 11.3 Å². The average Bonchev–Trinajstić information content (AvgIpc) is 2.39. The van der Waals surface area contributed by atoms with E-state index in [-0.39, 0.29) is 11.4 Å². The molecular formula is C14H16N2O3. The van der Waals surface area contributed by atoms with Gasteiger partial charge in [-0.15, -0.1) is 0 Å². The number of H-pyrrole nitrogens is 1. The third-order valence-corrected chi connectivity index (χ3v) is 2.79. The highest BCUT2D eigenvalue weighted by molar-refractivity contribution is 5.56. The summed E-state index contributed by atoms with van der Waals surface area (Å²) in [5.74, 6) is 0.890. The van der Waals surface area contributed by atoms with Gasteiger partial charge in [0.05, 0.1) is 12.2 Å². The monoisotopic (exact) mass is 260 g/mol. The predicted octanol–water partition coefficient (Wildman–Crippen LogP) is 2.10. The summed E-state index contributed by atoms with van der Waals surface area (Å²) in [4.78, 5) is 18.4. The summed E-state index contributed by atoms with van der Waals surface area (Å²) in [6, 6.07) is 7.16. The third-order valence-electron chi connectivity index (χ3n) is 2.79. The first kappa shape index (κ1) is 13.1. The molecule has 0 radical (unpaired) electrons. The molecule has 0 spiro atoms. The summed E-state index contributed by atoms with van der Waals surface area (Å²) >= 11 is 0. The molecule has 2 N–H and O–H groups in total. The number of ether oxygens (including phenoxy) is 1. The van der Waals surface area contributed by atoms with Gasteiger partial charge in [-0.25, -0.2) is 0 Å². The van der Waals surface area contributed by atoms with Crippen LogP contribution >= 0.6 is 0 Å². The minimum absolute atomic E-state index is 0.213. The van der Waals surface area contributed by atoms with Crippen molar-refractivity contribution in [1.82, 2.24) is 9.97 Å². The van der Waals surface area contributed by atoms with Crippen molar-refractivity contribution >= 4 is 0 Å². The molecule has 1 aromatic carbocycles. The Morgan fingerprint density at radius 3 is 2.47 bits per heavy atom. The molecule has 5 nitrogen and oxygen atoms in total. The van der Waals surface area contributed by atoms with E-state index in [9.17, 15) is 9.90 Å². The van der Waals surface area contributed by atoms with Crippen LogP contribution in [-0.2, 0) is 6.42 Å². The van der Waals surface area contributed by atoms with Crippen LogP contribution in [0.25, 0.3) is 11.4 Å². The van der Waals surface area contributed by atoms with Crippen molar-refractivity contribution in [2.24, 2.45) is 0 Å². The van der Waals surface area contributed by atoms with E-state index < -0.39 is 0 Å². The minimum atomic E-state index is -0.307. The molecule has 0 aliphatic heterocycles. The Labute approximate surface area is 110 Å². The van der Waals surface area contributed by atoms with Crippen molar-refractivity contribution in [2.45, 2.75) is 20.3 Å². The first-order chi connectivity index (χ1) is 9.15. The molecular weight excluding hydrogens is 244 g/mol. The average molecular weight is 260 g/mol. The van der Waals surface area contributed by atoms with E-state index in [2.05, 4.69) is 9.97 Å². The van der Waals surface area contributed by atoms with Gasteiger partial charge in [-0.1, -0.05) is 6.92 Å². The quantitative estimate of drug-likeness (QED) is 0.882. The molecule has 19 heavy (non-hydrogen) atoms. The summed E-state index contributed by atoms with van der Waals surface area (Å²) in [5, 5.41) is 9.72. The molecule has 0 amide bonds. The topological polar surface area (TPSA) is 75.2 Å². The van der Waals surface area contributed by atoms with Crippen LogP contribution < -0.4 is 10.3 Å². The Bertz CT molecular complexity index is 618. The summed E-state index contributed by atoms with van der Waals surface area (Å²) < 4.78 is 5.34. The molecule has 5 heteroatoms. The third kappa shape index (κ3) is 2.76. The van der Waals surface area contributed by atoms with E-state index in [0.29, 0.717) is 24.4 Å². The first-order valence-corrected chi connectivity index (χ1v) is 6.21. The predicted molar refractivity (Wildman–Crippen MR) is 72.5 cm³/mol. The van der Waals surface area contributed by atoms with Gasteiger partial charge < -0.3 is 14.8 Å². The first-order valence-electron chi connectivity index (χ1n) is 6.21. The molecule has 0 aliphatic rings. The summed E-state index contributed by atoms with van der Waals surface area (Å²) in [6.45, 7) is 4.30. The second kappa shape index (κ2) is 5.56. The number of hydrogen-bond acceptors (Lipinski definition) is 4. The molecule has 0 aliphatic carbocycles. The number of nitrogens with zero attached hydrogens (tertiary/aromatic N) is 1. The second-order valence-electron chi connectivity index (χ2n) is 4.03. The zero-order chi connectivity index (χ0) is 13.8. The molecule has 100 valence electrons. The van der Waals surface area contributed by atoms with Gasteiger partial charge in [-0.3, -0.25) is 4.79 Å². The number of aromatic nitrogens is 2. The molecule has 1 heterocycles. The van der Waals surface area contributed by atoms with Gasteiger partial charge in [0.25, 0.3) is 5.56 Å². The van der Waals surface area contributed by atoms with E-state index in [4.69, 9.17) is 4.74 Å². The van der Waals surface area contributed by atoms with Gasteiger partial charge in [-0.2, -0.15) is 4.98 Å². The lowest BCUT2D eigenvalue weighted by Gasteiger charge is -2.06. The number of hydrogen-bond donors (Lipinski definition) is 2. The Balaban J connectivity index is 2.39. The normalized spacial score (nSPS) is 10.4. The van der Waals surface area contributed by atoms with Crippen LogP contribution in [-0.4, -0.2) is 21.7 Å². The molecule has 0 saturated carbocycles. The molecule has 2 rings (SSSR count).